The van der Waals surface area contributed by atoms with Gasteiger partial charge in [0.25, 0.3) is 0 Å². The van der Waals surface area contributed by atoms with Crippen molar-refractivity contribution in [1.82, 2.24) is 4.98 Å². The van der Waals surface area contributed by atoms with Gasteiger partial charge in [-0.1, -0.05) is 11.6 Å². The Morgan fingerprint density at radius 2 is 1.85 bits per heavy atom. The van der Waals surface area contributed by atoms with Gasteiger partial charge in [0, 0.05) is 5.69 Å². The van der Waals surface area contributed by atoms with Crippen LogP contribution in [-0.4, -0.2) is 4.98 Å². The molecule has 0 saturated heterocycles. The lowest BCUT2D eigenvalue weighted by atomic mass is 10.1. The normalized spacial score (nSPS) is 11.8. The Balaban J connectivity index is 3.32. The molecule has 13 heavy (non-hydrogen) atoms. The highest BCUT2D eigenvalue weighted by molar-refractivity contribution is 6.30. The van der Waals surface area contributed by atoms with Crippen LogP contribution in [0.15, 0.2) is 6.07 Å². The van der Waals surface area contributed by atoms with Gasteiger partial charge in [-0.15, -0.1) is 0 Å². The third-order valence-corrected chi connectivity index (χ3v) is 2.01. The zero-order valence-electron chi connectivity index (χ0n) is 7.04. The number of alkyl halides is 3. The van der Waals surface area contributed by atoms with E-state index < -0.39 is 16.9 Å². The molecule has 0 amide bonds. The first-order chi connectivity index (χ1) is 5.82. The Kier molecular flexibility index (Phi) is 2.52. The van der Waals surface area contributed by atoms with E-state index in [1.165, 1.54) is 0 Å². The van der Waals surface area contributed by atoms with Crippen molar-refractivity contribution in [3.8, 4) is 0 Å². The molecular weight excluding hydrogens is 203 g/mol. The number of rotatable bonds is 0. The highest BCUT2D eigenvalue weighted by atomic mass is 35.5. The third kappa shape index (κ3) is 2.12. The predicted octanol–water partition coefficient (Wildman–Crippen LogP) is 3.37. The molecule has 0 fully saturated rings. The smallest absolute Gasteiger partial charge is 0.241 e. The van der Waals surface area contributed by atoms with Gasteiger partial charge in [0.15, 0.2) is 0 Å². The quantitative estimate of drug-likeness (QED) is 0.597. The lowest BCUT2D eigenvalue weighted by Gasteiger charge is -2.10. The summed E-state index contributed by atoms with van der Waals surface area (Å²) in [5.74, 6) is 0. The highest BCUT2D eigenvalue weighted by Gasteiger charge is 2.34. The van der Waals surface area contributed by atoms with E-state index in [4.69, 9.17) is 11.6 Å². The van der Waals surface area contributed by atoms with E-state index in [1.54, 1.807) is 13.8 Å². The Bertz CT molecular complexity index is 333. The number of nitrogens with zero attached hydrogens (tertiary/aromatic N) is 1. The molecule has 5 heteroatoms. The molecule has 72 valence electrons. The molecule has 0 aliphatic rings. The fraction of sp³-hybridized carbons (Fsp3) is 0.375. The molecule has 0 saturated carbocycles. The van der Waals surface area contributed by atoms with E-state index in [1.807, 2.05) is 0 Å². The second kappa shape index (κ2) is 3.18. The Morgan fingerprint density at radius 1 is 1.31 bits per heavy atom. The summed E-state index contributed by atoms with van der Waals surface area (Å²) in [6.45, 7) is 3.18. The van der Waals surface area contributed by atoms with Gasteiger partial charge in [-0.25, -0.2) is 4.98 Å². The van der Waals surface area contributed by atoms with Gasteiger partial charge in [-0.05, 0) is 25.5 Å². The minimum absolute atomic E-state index is 0.483. The predicted molar refractivity (Wildman–Crippen MR) is 43.7 cm³/mol. The van der Waals surface area contributed by atoms with Crippen molar-refractivity contribution < 1.29 is 13.2 Å². The largest absolute Gasteiger partial charge is 0.419 e. The second-order valence-corrected chi connectivity index (χ2v) is 3.08. The molecule has 0 aromatic carbocycles. The molecular formula is C8H7ClF3N. The average Bonchev–Trinajstić information content (AvgIpc) is 1.94. The molecule has 0 aliphatic heterocycles. The molecule has 0 aliphatic carbocycles. The van der Waals surface area contributed by atoms with Crippen molar-refractivity contribution in [2.24, 2.45) is 0 Å². The number of halogens is 4. The second-order valence-electron chi connectivity index (χ2n) is 2.73. The molecule has 0 unspecified atom stereocenters. The van der Waals surface area contributed by atoms with Gasteiger partial charge in [-0.3, -0.25) is 0 Å². The topological polar surface area (TPSA) is 12.9 Å². The summed E-state index contributed by atoms with van der Waals surface area (Å²) >= 11 is 5.36. The van der Waals surface area contributed by atoms with Crippen molar-refractivity contribution >= 4 is 11.6 Å². The Labute approximate surface area is 78.5 Å². The summed E-state index contributed by atoms with van der Waals surface area (Å²) in [6.07, 6.45) is -4.43. The number of hydrogen-bond donors (Lipinski definition) is 0. The van der Waals surface area contributed by atoms with Crippen LogP contribution in [0.25, 0.3) is 0 Å². The van der Waals surface area contributed by atoms with E-state index >= 15 is 0 Å². The first-order valence-corrected chi connectivity index (χ1v) is 3.91. The standard InChI is InChI=1S/C8H7ClF3N/c1-4-3-6(8(10,11)12)7(9)13-5(4)2/h3H,1-2H3. The number of aromatic nitrogens is 1. The van der Waals surface area contributed by atoms with Crippen LogP contribution >= 0.6 is 11.6 Å². The zero-order valence-corrected chi connectivity index (χ0v) is 7.79. The SMILES string of the molecule is Cc1cc(C(F)(F)F)c(Cl)nc1C. The minimum atomic E-state index is -4.43. The molecule has 0 spiro atoms. The molecule has 1 aromatic heterocycles. The van der Waals surface area contributed by atoms with Crippen molar-refractivity contribution in [2.45, 2.75) is 20.0 Å². The summed E-state index contributed by atoms with van der Waals surface area (Å²) in [4.78, 5) is 3.58. The van der Waals surface area contributed by atoms with Gasteiger partial charge in [-0.2, -0.15) is 13.2 Å². The zero-order chi connectivity index (χ0) is 10.2. The first kappa shape index (κ1) is 10.3. The van der Waals surface area contributed by atoms with Gasteiger partial charge >= 0.3 is 6.18 Å². The summed E-state index contributed by atoms with van der Waals surface area (Å²) in [5.41, 5.74) is 0.118. The summed E-state index contributed by atoms with van der Waals surface area (Å²) in [7, 11) is 0. The maximum atomic E-state index is 12.2. The van der Waals surface area contributed by atoms with Crippen LogP contribution in [0.2, 0.25) is 5.15 Å². The highest BCUT2D eigenvalue weighted by Crippen LogP contribution is 2.34. The Morgan fingerprint density at radius 3 is 2.31 bits per heavy atom. The van der Waals surface area contributed by atoms with E-state index in [9.17, 15) is 13.2 Å². The van der Waals surface area contributed by atoms with Crippen LogP contribution in [0.4, 0.5) is 13.2 Å². The van der Waals surface area contributed by atoms with Gasteiger partial charge < -0.3 is 0 Å². The van der Waals surface area contributed by atoms with Crippen molar-refractivity contribution in [1.29, 1.82) is 0 Å². The molecule has 1 nitrogen and oxygen atoms in total. The first-order valence-electron chi connectivity index (χ1n) is 3.53. The number of pyridine rings is 1. The van der Waals surface area contributed by atoms with E-state index in [0.717, 1.165) is 6.07 Å². The minimum Gasteiger partial charge on any atom is -0.241 e. The van der Waals surface area contributed by atoms with Crippen LogP contribution in [0.3, 0.4) is 0 Å². The molecule has 0 N–H and O–H groups in total. The fourth-order valence-electron chi connectivity index (χ4n) is 0.875. The van der Waals surface area contributed by atoms with Crippen LogP contribution in [-0.2, 0) is 6.18 Å². The molecule has 1 aromatic rings. The average molecular weight is 210 g/mol. The van der Waals surface area contributed by atoms with Crippen molar-refractivity contribution in [2.75, 3.05) is 0 Å². The van der Waals surface area contributed by atoms with E-state index in [2.05, 4.69) is 4.98 Å². The lowest BCUT2D eigenvalue weighted by molar-refractivity contribution is -0.137. The van der Waals surface area contributed by atoms with Crippen LogP contribution in [0.5, 0.6) is 0 Å². The maximum absolute atomic E-state index is 12.2. The third-order valence-electron chi connectivity index (χ3n) is 1.73. The van der Waals surface area contributed by atoms with Crippen molar-refractivity contribution in [3.63, 3.8) is 0 Å². The molecule has 0 radical (unpaired) electrons. The van der Waals surface area contributed by atoms with Crippen LogP contribution in [0.1, 0.15) is 16.8 Å². The van der Waals surface area contributed by atoms with Gasteiger partial charge in [0.2, 0.25) is 0 Å². The Hall–Kier alpha value is -0.770. The molecule has 1 rings (SSSR count). The lowest BCUT2D eigenvalue weighted by Crippen LogP contribution is -2.08. The number of hydrogen-bond acceptors (Lipinski definition) is 1. The summed E-state index contributed by atoms with van der Waals surface area (Å²) in [5, 5.41) is -0.490. The van der Waals surface area contributed by atoms with Crippen molar-refractivity contribution in [3.05, 3.63) is 28.0 Å². The summed E-state index contributed by atoms with van der Waals surface area (Å²) in [6, 6.07) is 1.00. The monoisotopic (exact) mass is 209 g/mol. The van der Waals surface area contributed by atoms with E-state index in [0.29, 0.717) is 11.3 Å². The molecule has 0 bridgehead atoms. The van der Waals surface area contributed by atoms with Gasteiger partial charge in [0.05, 0.1) is 5.56 Å². The van der Waals surface area contributed by atoms with E-state index in [-0.39, 0.29) is 0 Å². The van der Waals surface area contributed by atoms with Crippen LogP contribution < -0.4 is 0 Å². The van der Waals surface area contributed by atoms with Crippen LogP contribution in [0, 0.1) is 13.8 Å². The maximum Gasteiger partial charge on any atom is 0.419 e. The number of aryl methyl sites for hydroxylation is 2. The van der Waals surface area contributed by atoms with Gasteiger partial charge in [0.1, 0.15) is 5.15 Å². The fourth-order valence-corrected chi connectivity index (χ4v) is 1.16. The summed E-state index contributed by atoms with van der Waals surface area (Å²) < 4.78 is 36.7. The molecule has 0 atom stereocenters. The molecule has 1 heterocycles.